The maximum atomic E-state index is 11.8. The van der Waals surface area contributed by atoms with Gasteiger partial charge in [0, 0.05) is 37.8 Å². The normalized spacial score (nSPS) is 12.6. The zero-order valence-corrected chi connectivity index (χ0v) is 18.3. The molecule has 1 unspecified atom stereocenters. The molecule has 6 nitrogen and oxygen atoms in total. The molecule has 29 heavy (non-hydrogen) atoms. The largest absolute Gasteiger partial charge is 0.356 e. The van der Waals surface area contributed by atoms with E-state index in [1.54, 1.807) is 14.1 Å². The van der Waals surface area contributed by atoms with Crippen LogP contribution in [0.1, 0.15) is 27.5 Å². The van der Waals surface area contributed by atoms with E-state index >= 15 is 0 Å². The van der Waals surface area contributed by atoms with Crippen LogP contribution in [-0.4, -0.2) is 58.0 Å². The molecule has 0 aliphatic heterocycles. The van der Waals surface area contributed by atoms with E-state index in [4.69, 9.17) is 11.6 Å². The van der Waals surface area contributed by atoms with E-state index in [0.717, 1.165) is 23.0 Å². The third kappa shape index (κ3) is 7.07. The zero-order chi connectivity index (χ0) is 21.2. The van der Waals surface area contributed by atoms with E-state index in [1.165, 1.54) is 5.56 Å². The molecule has 7 heteroatoms. The van der Waals surface area contributed by atoms with Crippen molar-refractivity contribution in [3.8, 4) is 0 Å². The van der Waals surface area contributed by atoms with E-state index < -0.39 is 0 Å². The molecule has 0 radical (unpaired) electrons. The summed E-state index contributed by atoms with van der Waals surface area (Å²) in [7, 11) is 7.50. The lowest BCUT2D eigenvalue weighted by Gasteiger charge is -2.26. The van der Waals surface area contributed by atoms with Gasteiger partial charge >= 0.3 is 0 Å². The van der Waals surface area contributed by atoms with E-state index in [2.05, 4.69) is 39.9 Å². The quantitative estimate of drug-likeness (QED) is 0.458. The van der Waals surface area contributed by atoms with Crippen LogP contribution in [0.5, 0.6) is 0 Å². The second kappa shape index (κ2) is 11.4. The van der Waals surface area contributed by atoms with E-state index in [9.17, 15) is 4.79 Å². The number of hydrogen-bond donors (Lipinski definition) is 3. The minimum atomic E-state index is -0.0748. The molecule has 0 aliphatic rings. The maximum Gasteiger partial charge on any atom is 0.251 e. The average Bonchev–Trinajstić information content (AvgIpc) is 2.73. The van der Waals surface area contributed by atoms with E-state index in [-0.39, 0.29) is 11.9 Å². The van der Waals surface area contributed by atoms with Crippen molar-refractivity contribution in [2.45, 2.75) is 12.5 Å². The first-order valence-corrected chi connectivity index (χ1v) is 9.99. The Morgan fingerprint density at radius 2 is 1.86 bits per heavy atom. The Hall–Kier alpha value is -2.57. The summed E-state index contributed by atoms with van der Waals surface area (Å²) in [6.07, 6.45) is 0.791. The highest BCUT2D eigenvalue weighted by molar-refractivity contribution is 6.30. The van der Waals surface area contributed by atoms with Gasteiger partial charge in [-0.3, -0.25) is 9.79 Å². The van der Waals surface area contributed by atoms with Crippen LogP contribution >= 0.6 is 11.6 Å². The summed E-state index contributed by atoms with van der Waals surface area (Å²) in [4.78, 5) is 18.2. The highest BCUT2D eigenvalue weighted by Crippen LogP contribution is 2.19. The molecule has 0 aromatic heterocycles. The number of aliphatic imine (C=N–C) groups is 1. The van der Waals surface area contributed by atoms with Crippen molar-refractivity contribution in [2.75, 3.05) is 41.3 Å². The van der Waals surface area contributed by atoms with Crippen molar-refractivity contribution < 1.29 is 4.79 Å². The number of nitrogens with zero attached hydrogens (tertiary/aromatic N) is 2. The molecule has 156 valence electrons. The summed E-state index contributed by atoms with van der Waals surface area (Å²) in [6, 6.07) is 15.8. The maximum absolute atomic E-state index is 11.8. The summed E-state index contributed by atoms with van der Waals surface area (Å²) in [6.45, 7) is 1.42. The van der Waals surface area contributed by atoms with Crippen LogP contribution in [0.15, 0.2) is 53.5 Å². The highest BCUT2D eigenvalue weighted by Gasteiger charge is 2.14. The van der Waals surface area contributed by atoms with Gasteiger partial charge in [0.2, 0.25) is 0 Å². The molecule has 0 saturated carbocycles. The molecule has 1 amide bonds. The molecule has 0 saturated heterocycles. The van der Waals surface area contributed by atoms with Crippen molar-refractivity contribution in [2.24, 2.45) is 4.99 Å². The molecular formula is C22H30ClN5O. The second-order valence-electron chi connectivity index (χ2n) is 6.94. The Morgan fingerprint density at radius 3 is 2.48 bits per heavy atom. The van der Waals surface area contributed by atoms with E-state index in [0.29, 0.717) is 18.7 Å². The number of halogens is 1. The first kappa shape index (κ1) is 22.7. The van der Waals surface area contributed by atoms with Crippen LogP contribution in [0, 0.1) is 0 Å². The smallest absolute Gasteiger partial charge is 0.251 e. The van der Waals surface area contributed by atoms with Crippen LogP contribution in [0.4, 0.5) is 0 Å². The molecule has 1 atom stereocenters. The number of carbonyl (C=O) groups is 1. The zero-order valence-electron chi connectivity index (χ0n) is 17.5. The van der Waals surface area contributed by atoms with Gasteiger partial charge in [0.1, 0.15) is 0 Å². The Morgan fingerprint density at radius 1 is 1.14 bits per heavy atom. The van der Waals surface area contributed by atoms with E-state index in [1.807, 2.05) is 48.5 Å². The molecule has 0 aliphatic carbocycles. The van der Waals surface area contributed by atoms with Gasteiger partial charge < -0.3 is 20.9 Å². The van der Waals surface area contributed by atoms with Gasteiger partial charge in [-0.15, -0.1) is 0 Å². The van der Waals surface area contributed by atoms with Crippen LogP contribution < -0.4 is 16.0 Å². The van der Waals surface area contributed by atoms with Crippen LogP contribution in [-0.2, 0) is 6.42 Å². The Bertz CT molecular complexity index is 820. The number of likely N-dealkylation sites (N-methyl/N-ethyl adjacent to an activating group) is 1. The molecule has 0 heterocycles. The fraction of sp³-hybridized carbons (Fsp3) is 0.364. The Labute approximate surface area is 178 Å². The van der Waals surface area contributed by atoms with Gasteiger partial charge in [-0.05, 0) is 55.9 Å². The first-order valence-electron chi connectivity index (χ1n) is 9.62. The predicted octanol–water partition coefficient (Wildman–Crippen LogP) is 2.71. The lowest BCUT2D eigenvalue weighted by Crippen LogP contribution is -2.42. The molecule has 0 fully saturated rings. The van der Waals surface area contributed by atoms with Crippen molar-refractivity contribution >= 4 is 23.5 Å². The SMILES string of the molecule is CN=C(NCCc1cccc(C(=O)NC)c1)NCC(c1ccc(Cl)cc1)N(C)C. The minimum absolute atomic E-state index is 0.0748. The predicted molar refractivity (Wildman–Crippen MR) is 121 cm³/mol. The number of amides is 1. The number of hydrogen-bond acceptors (Lipinski definition) is 3. The molecule has 0 bridgehead atoms. The van der Waals surface area contributed by atoms with Gasteiger partial charge in [0.25, 0.3) is 5.91 Å². The second-order valence-corrected chi connectivity index (χ2v) is 7.38. The standard InChI is InChI=1S/C22H30ClN5O/c1-24-21(29)18-7-5-6-16(14-18)12-13-26-22(25-2)27-15-20(28(3)4)17-8-10-19(23)11-9-17/h5-11,14,20H,12-13,15H2,1-4H3,(H,24,29)(H2,25,26,27). The molecule has 2 aromatic rings. The summed E-state index contributed by atoms with van der Waals surface area (Å²) in [5.74, 6) is 0.669. The van der Waals surface area contributed by atoms with Crippen molar-refractivity contribution in [1.29, 1.82) is 0 Å². The van der Waals surface area contributed by atoms with Gasteiger partial charge in [0.05, 0.1) is 6.04 Å². The van der Waals surface area contributed by atoms with Crippen LogP contribution in [0.3, 0.4) is 0 Å². The molecule has 2 rings (SSSR count). The summed E-state index contributed by atoms with van der Waals surface area (Å²) >= 11 is 6.01. The third-order valence-corrected chi connectivity index (χ3v) is 4.94. The minimum Gasteiger partial charge on any atom is -0.356 e. The number of benzene rings is 2. The van der Waals surface area contributed by atoms with Crippen molar-refractivity contribution in [3.05, 3.63) is 70.2 Å². The van der Waals surface area contributed by atoms with Crippen molar-refractivity contribution in [3.63, 3.8) is 0 Å². The molecular weight excluding hydrogens is 386 g/mol. The fourth-order valence-corrected chi connectivity index (χ4v) is 3.16. The number of guanidine groups is 1. The van der Waals surface area contributed by atoms with Crippen LogP contribution in [0.2, 0.25) is 5.02 Å². The molecule has 2 aromatic carbocycles. The summed E-state index contributed by atoms with van der Waals surface area (Å²) in [5, 5.41) is 10.1. The fourth-order valence-electron chi connectivity index (χ4n) is 3.04. The highest BCUT2D eigenvalue weighted by atomic mass is 35.5. The lowest BCUT2D eigenvalue weighted by atomic mass is 10.1. The summed E-state index contributed by atoms with van der Waals surface area (Å²) < 4.78 is 0. The molecule has 3 N–H and O–H groups in total. The lowest BCUT2D eigenvalue weighted by molar-refractivity contribution is 0.0963. The molecule has 0 spiro atoms. The summed E-state index contributed by atoms with van der Waals surface area (Å²) in [5.41, 5.74) is 2.96. The number of carbonyl (C=O) groups excluding carboxylic acids is 1. The Balaban J connectivity index is 1.88. The Kier molecular flexibility index (Phi) is 8.96. The third-order valence-electron chi connectivity index (χ3n) is 4.69. The van der Waals surface area contributed by atoms with Gasteiger partial charge in [-0.25, -0.2) is 0 Å². The van der Waals surface area contributed by atoms with Crippen molar-refractivity contribution in [1.82, 2.24) is 20.9 Å². The monoisotopic (exact) mass is 415 g/mol. The van der Waals surface area contributed by atoms with Gasteiger partial charge in [-0.2, -0.15) is 0 Å². The number of nitrogens with one attached hydrogen (secondary N) is 3. The first-order chi connectivity index (χ1) is 13.9. The van der Waals surface area contributed by atoms with Crippen LogP contribution in [0.25, 0.3) is 0 Å². The topological polar surface area (TPSA) is 68.8 Å². The average molecular weight is 416 g/mol. The van der Waals surface area contributed by atoms with Gasteiger partial charge in [-0.1, -0.05) is 35.9 Å². The van der Waals surface area contributed by atoms with Gasteiger partial charge in [0.15, 0.2) is 5.96 Å². The number of rotatable bonds is 8.